The fourth-order valence-corrected chi connectivity index (χ4v) is 5.26. The molecule has 5 rings (SSSR count). The van der Waals surface area contributed by atoms with Gasteiger partial charge in [0.15, 0.2) is 5.82 Å². The van der Waals surface area contributed by atoms with Crippen LogP contribution in [0.1, 0.15) is 35.8 Å². The van der Waals surface area contributed by atoms with E-state index in [1.165, 1.54) is 12.1 Å². The van der Waals surface area contributed by atoms with Gasteiger partial charge in [-0.25, -0.2) is 13.4 Å². The Balaban J connectivity index is 1.81. The third-order valence-corrected chi connectivity index (χ3v) is 7.25. The van der Waals surface area contributed by atoms with Gasteiger partial charge in [-0.05, 0) is 37.1 Å². The number of nitrogens with two attached hydrogens (primary N) is 1. The number of para-hydroxylation sites is 1. The molecule has 0 radical (unpaired) electrons. The summed E-state index contributed by atoms with van der Waals surface area (Å²) in [4.78, 5) is 27.8. The van der Waals surface area contributed by atoms with Crippen LogP contribution in [0, 0.1) is 11.3 Å². The molecule has 1 aliphatic heterocycles. The minimum absolute atomic E-state index is 0.0640. The number of hydrogen-bond donors (Lipinski definition) is 1. The first kappa shape index (κ1) is 26.1. The first-order chi connectivity index (χ1) is 18.4. The van der Waals surface area contributed by atoms with Crippen LogP contribution < -0.4 is 16.2 Å². The number of alkyl halides is 3. The Labute approximate surface area is 220 Å². The third kappa shape index (κ3) is 4.54. The lowest BCUT2D eigenvalue weighted by Gasteiger charge is -2.28. The molecule has 200 valence electrons. The van der Waals surface area contributed by atoms with Gasteiger partial charge in [0.05, 0.1) is 28.2 Å². The lowest BCUT2D eigenvalue weighted by Crippen LogP contribution is -2.33. The van der Waals surface area contributed by atoms with E-state index in [2.05, 4.69) is 15.0 Å². The summed E-state index contributed by atoms with van der Waals surface area (Å²) in [6, 6.07) is 12.6. The van der Waals surface area contributed by atoms with Crippen molar-refractivity contribution >= 4 is 32.4 Å². The van der Waals surface area contributed by atoms with Crippen LogP contribution >= 0.6 is 0 Å². The number of rotatable bonds is 4. The number of sulfone groups is 1. The maximum atomic E-state index is 13.9. The number of nitrogen functional groups attached to an aromatic ring is 1. The van der Waals surface area contributed by atoms with E-state index in [0.29, 0.717) is 12.8 Å². The van der Waals surface area contributed by atoms with Crippen LogP contribution in [0.4, 0.5) is 24.8 Å². The van der Waals surface area contributed by atoms with Crippen molar-refractivity contribution in [2.24, 2.45) is 0 Å². The van der Waals surface area contributed by atoms with E-state index in [4.69, 9.17) is 5.73 Å². The number of hydrogen-bond acceptors (Lipinski definition) is 9. The number of fused-ring (bicyclic) bond motifs is 1. The molecule has 1 saturated heterocycles. The van der Waals surface area contributed by atoms with Crippen molar-refractivity contribution in [3.8, 4) is 11.8 Å². The second kappa shape index (κ2) is 9.35. The van der Waals surface area contributed by atoms with Gasteiger partial charge in [-0.3, -0.25) is 9.36 Å². The summed E-state index contributed by atoms with van der Waals surface area (Å²) in [6.45, 7) is 0.282. The van der Waals surface area contributed by atoms with Crippen molar-refractivity contribution in [3.63, 3.8) is 0 Å². The van der Waals surface area contributed by atoms with Crippen LogP contribution in [0.15, 0.2) is 58.5 Å². The molecule has 1 fully saturated rings. The average molecular weight is 556 g/mol. The molecule has 4 aromatic rings. The van der Waals surface area contributed by atoms with Gasteiger partial charge >= 0.3 is 6.18 Å². The summed E-state index contributed by atoms with van der Waals surface area (Å²) in [5.74, 6) is -0.293. The Hall–Kier alpha value is -4.51. The monoisotopic (exact) mass is 555 g/mol. The maximum absolute atomic E-state index is 13.9. The molecule has 39 heavy (non-hydrogen) atoms. The quantitative estimate of drug-likeness (QED) is 0.374. The summed E-state index contributed by atoms with van der Waals surface area (Å²) >= 11 is 0. The highest BCUT2D eigenvalue weighted by atomic mass is 32.2. The van der Waals surface area contributed by atoms with Gasteiger partial charge < -0.3 is 10.6 Å². The molecule has 2 aromatic carbocycles. The minimum Gasteiger partial charge on any atom is -0.382 e. The molecule has 0 amide bonds. The molecule has 2 N–H and O–H groups in total. The van der Waals surface area contributed by atoms with E-state index in [-0.39, 0.29) is 40.8 Å². The minimum atomic E-state index is -4.79. The first-order valence-corrected chi connectivity index (χ1v) is 13.5. The van der Waals surface area contributed by atoms with Crippen LogP contribution in [0.5, 0.6) is 0 Å². The van der Waals surface area contributed by atoms with Gasteiger partial charge in [-0.2, -0.15) is 28.4 Å². The number of benzene rings is 2. The standard InChI is InChI=1S/C25H20F3N7O3S/c1-39(37,38)24-32-20(30)15(13-29)21(33-24)34-12-6-11-18(34)22-31-17-10-5-9-16(25(26,27)28)19(17)23(36)35(22)14-7-3-2-4-8-14/h2-5,7-10,18H,6,11-12H2,1H3,(H2,30,32,33). The molecule has 3 heterocycles. The lowest BCUT2D eigenvalue weighted by molar-refractivity contribution is -0.136. The molecule has 10 nitrogen and oxygen atoms in total. The van der Waals surface area contributed by atoms with Crippen LogP contribution in [0.2, 0.25) is 0 Å². The second-order valence-corrected chi connectivity index (χ2v) is 10.9. The normalized spacial score (nSPS) is 16.0. The highest BCUT2D eigenvalue weighted by Crippen LogP contribution is 2.39. The van der Waals surface area contributed by atoms with E-state index in [0.717, 1.165) is 16.9 Å². The second-order valence-electron chi connectivity index (χ2n) is 8.97. The van der Waals surface area contributed by atoms with Gasteiger partial charge in [0.1, 0.15) is 23.3 Å². The first-order valence-electron chi connectivity index (χ1n) is 11.6. The van der Waals surface area contributed by atoms with Gasteiger partial charge in [0.2, 0.25) is 9.84 Å². The maximum Gasteiger partial charge on any atom is 0.417 e. The van der Waals surface area contributed by atoms with Gasteiger partial charge in [-0.15, -0.1) is 0 Å². The zero-order valence-corrected chi connectivity index (χ0v) is 21.2. The summed E-state index contributed by atoms with van der Waals surface area (Å²) in [5.41, 5.74) is 3.87. The summed E-state index contributed by atoms with van der Waals surface area (Å²) in [6.07, 6.45) is -2.99. The Bertz CT molecular complexity index is 1820. The van der Waals surface area contributed by atoms with Gasteiger partial charge in [0, 0.05) is 12.8 Å². The predicted molar refractivity (Wildman–Crippen MR) is 136 cm³/mol. The third-order valence-electron chi connectivity index (χ3n) is 6.41. The highest BCUT2D eigenvalue weighted by Gasteiger charge is 2.37. The molecule has 1 atom stereocenters. The smallest absolute Gasteiger partial charge is 0.382 e. The van der Waals surface area contributed by atoms with E-state index in [9.17, 15) is 31.6 Å². The van der Waals surface area contributed by atoms with E-state index in [1.54, 1.807) is 35.2 Å². The average Bonchev–Trinajstić information content (AvgIpc) is 3.37. The molecule has 2 aromatic heterocycles. The van der Waals surface area contributed by atoms with Crippen LogP contribution in [-0.2, 0) is 16.0 Å². The zero-order chi connectivity index (χ0) is 28.1. The van der Waals surface area contributed by atoms with E-state index >= 15 is 0 Å². The number of nitriles is 1. The molecule has 0 saturated carbocycles. The largest absolute Gasteiger partial charge is 0.417 e. The highest BCUT2D eigenvalue weighted by molar-refractivity contribution is 7.90. The molecule has 14 heteroatoms. The molecule has 0 spiro atoms. The fraction of sp³-hybridized carbons (Fsp3) is 0.240. The van der Waals surface area contributed by atoms with Crippen molar-refractivity contribution in [1.82, 2.24) is 19.5 Å². The van der Waals surface area contributed by atoms with Gasteiger partial charge in [-0.1, -0.05) is 24.3 Å². The van der Waals surface area contributed by atoms with Crippen molar-refractivity contribution in [2.45, 2.75) is 30.2 Å². The lowest BCUT2D eigenvalue weighted by atomic mass is 10.1. The Morgan fingerprint density at radius 3 is 2.44 bits per heavy atom. The van der Waals surface area contributed by atoms with E-state index < -0.39 is 43.7 Å². The topological polar surface area (TPSA) is 148 Å². The van der Waals surface area contributed by atoms with Crippen LogP contribution in [0.25, 0.3) is 16.6 Å². The molecule has 1 aliphatic rings. The van der Waals surface area contributed by atoms with Crippen molar-refractivity contribution in [1.29, 1.82) is 5.26 Å². The molecular weight excluding hydrogens is 535 g/mol. The Morgan fingerprint density at radius 1 is 1.08 bits per heavy atom. The van der Waals surface area contributed by atoms with Crippen molar-refractivity contribution in [3.05, 3.63) is 75.8 Å². The molecule has 0 aliphatic carbocycles. The Kier molecular flexibility index (Phi) is 6.26. The summed E-state index contributed by atoms with van der Waals surface area (Å²) in [7, 11) is -3.91. The molecular formula is C25H20F3N7O3S. The Morgan fingerprint density at radius 2 is 1.79 bits per heavy atom. The summed E-state index contributed by atoms with van der Waals surface area (Å²) < 4.78 is 67.2. The van der Waals surface area contributed by atoms with E-state index in [1.807, 2.05) is 6.07 Å². The number of nitrogens with zero attached hydrogens (tertiary/aromatic N) is 6. The number of aromatic nitrogens is 4. The van der Waals surface area contributed by atoms with Crippen molar-refractivity contribution < 1.29 is 21.6 Å². The zero-order valence-electron chi connectivity index (χ0n) is 20.3. The fourth-order valence-electron chi connectivity index (χ4n) is 4.75. The number of halogens is 3. The predicted octanol–water partition coefficient (Wildman–Crippen LogP) is 3.39. The molecule has 1 unspecified atom stereocenters. The van der Waals surface area contributed by atoms with Crippen LogP contribution in [0.3, 0.4) is 0 Å². The SMILES string of the molecule is CS(=O)(=O)c1nc(N)c(C#N)c(N2CCCC2c2nc3cccc(C(F)(F)F)c3c(=O)n2-c2ccccc2)n1. The number of anilines is 2. The summed E-state index contributed by atoms with van der Waals surface area (Å²) in [5, 5.41) is 8.61. The van der Waals surface area contributed by atoms with Crippen molar-refractivity contribution in [2.75, 3.05) is 23.4 Å². The van der Waals surface area contributed by atoms with Crippen LogP contribution in [-0.4, -0.2) is 40.7 Å². The van der Waals surface area contributed by atoms with Gasteiger partial charge in [0.25, 0.3) is 10.7 Å². The molecule has 0 bridgehead atoms.